The van der Waals surface area contributed by atoms with E-state index >= 15 is 0 Å². The molecule has 1 heterocycles. The highest BCUT2D eigenvalue weighted by Crippen LogP contribution is 2.29. The van der Waals surface area contributed by atoms with Gasteiger partial charge in [0, 0.05) is 10.1 Å². The number of nitrogens with one attached hydrogen (secondary N) is 1. The molecule has 1 atom stereocenters. The maximum absolute atomic E-state index is 13.3. The van der Waals surface area contributed by atoms with Crippen LogP contribution in [-0.2, 0) is 26.7 Å². The summed E-state index contributed by atoms with van der Waals surface area (Å²) >= 11 is 2.08. The quantitative estimate of drug-likeness (QED) is 0.241. The second-order valence-electron chi connectivity index (χ2n) is 7.75. The van der Waals surface area contributed by atoms with Gasteiger partial charge < -0.3 is 14.6 Å². The van der Waals surface area contributed by atoms with Crippen molar-refractivity contribution in [2.75, 3.05) is 7.11 Å². The lowest BCUT2D eigenvalue weighted by atomic mass is 10.1. The van der Waals surface area contributed by atoms with E-state index in [0.29, 0.717) is 26.8 Å². The average molecular weight is 598 g/mol. The maximum Gasteiger partial charge on any atom is 0.416 e. The molecular formula is C25H22F3IN2O4. The van der Waals surface area contributed by atoms with Crippen LogP contribution < -0.4 is 10.9 Å². The van der Waals surface area contributed by atoms with E-state index in [2.05, 4.69) is 27.9 Å². The number of aryl methyl sites for hydroxylation is 1. The number of methoxy groups -OCH3 is 1. The lowest BCUT2D eigenvalue weighted by Gasteiger charge is -2.19. The molecule has 0 radical (unpaired) electrons. The Labute approximate surface area is 213 Å². The van der Waals surface area contributed by atoms with Crippen LogP contribution in [0.2, 0.25) is 0 Å². The number of ether oxygens (including phenoxy) is 1. The van der Waals surface area contributed by atoms with Gasteiger partial charge in [0.1, 0.15) is 5.56 Å². The summed E-state index contributed by atoms with van der Waals surface area (Å²) in [4.78, 5) is 38.8. The fourth-order valence-corrected chi connectivity index (χ4v) is 4.60. The number of halogens is 4. The molecule has 184 valence electrons. The lowest BCUT2D eigenvalue weighted by molar-refractivity contribution is -0.143. The molecule has 0 fully saturated rings. The molecule has 3 aromatic rings. The van der Waals surface area contributed by atoms with Crippen LogP contribution in [0.4, 0.5) is 13.2 Å². The Kier molecular flexibility index (Phi) is 8.36. The van der Waals surface area contributed by atoms with Gasteiger partial charge in [-0.05, 0) is 41.8 Å². The van der Waals surface area contributed by atoms with Crippen molar-refractivity contribution in [3.63, 3.8) is 0 Å². The summed E-state index contributed by atoms with van der Waals surface area (Å²) in [7, 11) is 1.20. The van der Waals surface area contributed by atoms with Gasteiger partial charge in [-0.25, -0.2) is 4.79 Å². The number of amides is 1. The van der Waals surface area contributed by atoms with E-state index in [0.717, 1.165) is 12.1 Å². The summed E-state index contributed by atoms with van der Waals surface area (Å²) in [5.74, 6) is -1.46. The first kappa shape index (κ1) is 26.5. The second kappa shape index (κ2) is 11.1. The van der Waals surface area contributed by atoms with Crippen LogP contribution in [0.3, 0.4) is 0 Å². The minimum absolute atomic E-state index is 0.0175. The van der Waals surface area contributed by atoms with Crippen LogP contribution in [0.5, 0.6) is 0 Å². The molecule has 0 aliphatic heterocycles. The Morgan fingerprint density at radius 3 is 2.26 bits per heavy atom. The Morgan fingerprint density at radius 1 is 1.09 bits per heavy atom. The number of esters is 1. The standard InChI is InChI=1S/C25H22F3IN2O4/c1-15-12-19(22(32)30-21(24(34)35-2)17-6-4-3-5-7-17)23(33)31(20(15)13-29)14-16-8-10-18(11-9-16)25(26,27)28/h3-12,21H,13-14H2,1-2H3,(H,30,32)/t21-/m0/s1. The summed E-state index contributed by atoms with van der Waals surface area (Å²) in [6.07, 6.45) is -4.47. The smallest absolute Gasteiger partial charge is 0.416 e. The van der Waals surface area contributed by atoms with Crippen LogP contribution in [0, 0.1) is 6.92 Å². The molecule has 0 unspecified atom stereocenters. The summed E-state index contributed by atoms with van der Waals surface area (Å²) in [5, 5.41) is 2.57. The van der Waals surface area contributed by atoms with Crippen LogP contribution in [0.25, 0.3) is 0 Å². The molecule has 2 aromatic carbocycles. The van der Waals surface area contributed by atoms with Gasteiger partial charge in [-0.15, -0.1) is 0 Å². The predicted octanol–water partition coefficient (Wildman–Crippen LogP) is 4.80. The number of aromatic nitrogens is 1. The molecule has 6 nitrogen and oxygen atoms in total. The van der Waals surface area contributed by atoms with Crippen LogP contribution in [-0.4, -0.2) is 23.6 Å². The molecule has 1 N–H and O–H groups in total. The van der Waals surface area contributed by atoms with Crippen molar-refractivity contribution >= 4 is 34.5 Å². The molecule has 0 aliphatic rings. The van der Waals surface area contributed by atoms with Crippen molar-refractivity contribution in [3.05, 3.63) is 105 Å². The van der Waals surface area contributed by atoms with E-state index in [1.54, 1.807) is 37.3 Å². The molecule has 35 heavy (non-hydrogen) atoms. The number of benzene rings is 2. The van der Waals surface area contributed by atoms with Gasteiger partial charge in [-0.3, -0.25) is 9.59 Å². The number of rotatable bonds is 7. The molecule has 0 spiro atoms. The first-order valence-corrected chi connectivity index (χ1v) is 12.0. The van der Waals surface area contributed by atoms with Crippen LogP contribution in [0.15, 0.2) is 65.5 Å². The highest BCUT2D eigenvalue weighted by Gasteiger charge is 2.30. The minimum Gasteiger partial charge on any atom is -0.467 e. The zero-order valence-corrected chi connectivity index (χ0v) is 21.0. The highest BCUT2D eigenvalue weighted by atomic mass is 127. The predicted molar refractivity (Wildman–Crippen MR) is 132 cm³/mol. The van der Waals surface area contributed by atoms with Crippen molar-refractivity contribution in [2.24, 2.45) is 0 Å². The number of hydrogen-bond donors (Lipinski definition) is 1. The SMILES string of the molecule is COC(=O)[C@@H](NC(=O)c1cc(C)c(CI)n(Cc2ccc(C(F)(F)F)cc2)c1=O)c1ccccc1. The topological polar surface area (TPSA) is 77.4 Å². The largest absolute Gasteiger partial charge is 0.467 e. The summed E-state index contributed by atoms with van der Waals surface area (Å²) in [6.45, 7) is 1.72. The van der Waals surface area contributed by atoms with Gasteiger partial charge in [-0.2, -0.15) is 13.2 Å². The minimum atomic E-state index is -4.47. The second-order valence-corrected chi connectivity index (χ2v) is 8.51. The van der Waals surface area contributed by atoms with Gasteiger partial charge in [0.25, 0.3) is 11.5 Å². The molecule has 0 aliphatic carbocycles. The van der Waals surface area contributed by atoms with E-state index in [1.165, 1.54) is 29.9 Å². The number of hydrogen-bond acceptors (Lipinski definition) is 4. The highest BCUT2D eigenvalue weighted by molar-refractivity contribution is 14.1. The Hall–Kier alpha value is -3.15. The zero-order chi connectivity index (χ0) is 25.8. The van der Waals surface area contributed by atoms with Crippen LogP contribution >= 0.6 is 22.6 Å². The van der Waals surface area contributed by atoms with Crippen molar-refractivity contribution in [3.8, 4) is 0 Å². The Bertz CT molecular complexity index is 1270. The monoisotopic (exact) mass is 598 g/mol. The Balaban J connectivity index is 1.98. The summed E-state index contributed by atoms with van der Waals surface area (Å²) in [5.41, 5.74) is 0.661. The molecule has 1 aromatic heterocycles. The van der Waals surface area contributed by atoms with Crippen LogP contribution in [0.1, 0.15) is 44.3 Å². The third-order valence-corrected chi connectivity index (χ3v) is 6.18. The third kappa shape index (κ3) is 6.11. The first-order valence-electron chi connectivity index (χ1n) is 10.5. The molecule has 10 heteroatoms. The molecular weight excluding hydrogens is 576 g/mol. The number of pyridine rings is 1. The molecule has 0 saturated carbocycles. The lowest BCUT2D eigenvalue weighted by Crippen LogP contribution is -2.39. The molecule has 0 bridgehead atoms. The number of carbonyl (C=O) groups is 2. The Morgan fingerprint density at radius 2 is 1.71 bits per heavy atom. The zero-order valence-electron chi connectivity index (χ0n) is 18.9. The average Bonchev–Trinajstić information content (AvgIpc) is 2.84. The summed E-state index contributed by atoms with van der Waals surface area (Å²) < 4.78 is 45.3. The van der Waals surface area contributed by atoms with Crippen molar-refractivity contribution < 1.29 is 27.5 Å². The van der Waals surface area contributed by atoms with E-state index in [1.807, 2.05) is 0 Å². The number of carbonyl (C=O) groups excluding carboxylic acids is 2. The van der Waals surface area contributed by atoms with Crippen molar-refractivity contribution in [1.82, 2.24) is 9.88 Å². The maximum atomic E-state index is 13.3. The van der Waals surface area contributed by atoms with E-state index in [4.69, 9.17) is 4.74 Å². The summed E-state index contributed by atoms with van der Waals surface area (Å²) in [6, 6.07) is 13.3. The van der Waals surface area contributed by atoms with E-state index in [-0.39, 0.29) is 12.1 Å². The number of alkyl halides is 4. The molecule has 0 saturated heterocycles. The van der Waals surface area contributed by atoms with Crippen molar-refractivity contribution in [1.29, 1.82) is 0 Å². The van der Waals surface area contributed by atoms with Gasteiger partial charge >= 0.3 is 12.1 Å². The number of nitrogens with zero attached hydrogens (tertiary/aromatic N) is 1. The third-order valence-electron chi connectivity index (χ3n) is 5.46. The fraction of sp³-hybridized carbons (Fsp3) is 0.240. The normalized spacial score (nSPS) is 12.2. The van der Waals surface area contributed by atoms with Gasteiger partial charge in [-0.1, -0.05) is 65.1 Å². The van der Waals surface area contributed by atoms with Gasteiger partial charge in [0.2, 0.25) is 0 Å². The van der Waals surface area contributed by atoms with E-state index < -0.39 is 35.2 Å². The molecule has 3 rings (SSSR count). The van der Waals surface area contributed by atoms with Crippen molar-refractivity contribution in [2.45, 2.75) is 30.1 Å². The van der Waals surface area contributed by atoms with E-state index in [9.17, 15) is 27.6 Å². The van der Waals surface area contributed by atoms with Gasteiger partial charge in [0.05, 0.1) is 19.2 Å². The fourth-order valence-electron chi connectivity index (χ4n) is 3.58. The molecule has 1 amide bonds. The first-order chi connectivity index (χ1) is 16.6. The van der Waals surface area contributed by atoms with Gasteiger partial charge in [0.15, 0.2) is 6.04 Å².